The first-order valence-corrected chi connectivity index (χ1v) is 25.4. The summed E-state index contributed by atoms with van der Waals surface area (Å²) in [5.41, 5.74) is 0. The maximum absolute atomic E-state index is 12.9. The van der Waals surface area contributed by atoms with Crippen LogP contribution in [0.2, 0.25) is 0 Å². The van der Waals surface area contributed by atoms with E-state index >= 15 is 0 Å². The Kier molecular flexibility index (Phi) is 39.2. The molecule has 0 heterocycles. The summed E-state index contributed by atoms with van der Waals surface area (Å²) >= 11 is 0. The first-order valence-electron chi connectivity index (χ1n) is 23.9. The average Bonchev–Trinajstić information content (AvgIpc) is 3.16. The highest BCUT2D eigenvalue weighted by atomic mass is 31.2. The van der Waals surface area contributed by atoms with Gasteiger partial charge in [0.1, 0.15) is 13.2 Å². The predicted octanol–water partition coefficient (Wildman–Crippen LogP) is 13.5. The molecule has 0 aliphatic rings. The molecule has 0 spiro atoms. The molecule has 0 radical (unpaired) electrons. The van der Waals surface area contributed by atoms with Crippen LogP contribution in [0.5, 0.6) is 0 Å². The number of quaternary nitrogens is 1. The Bertz CT molecular complexity index is 1030. The quantitative estimate of drug-likeness (QED) is 0.0245. The van der Waals surface area contributed by atoms with E-state index in [1.165, 1.54) is 148 Å². The van der Waals surface area contributed by atoms with Gasteiger partial charge in [-0.15, -0.1) is 0 Å². The zero-order valence-corrected chi connectivity index (χ0v) is 39.0. The third kappa shape index (κ3) is 42.6. The molecule has 9 heteroatoms. The summed E-state index contributed by atoms with van der Waals surface area (Å²) < 4.78 is 23.6. The molecule has 0 rings (SSSR count). The van der Waals surface area contributed by atoms with Gasteiger partial charge in [0.15, 0.2) is 0 Å². The van der Waals surface area contributed by atoms with Crippen LogP contribution in [0.3, 0.4) is 0 Å². The Balaban J connectivity index is 4.40. The van der Waals surface area contributed by atoms with Crippen molar-refractivity contribution in [2.75, 3.05) is 40.9 Å². The Hall–Kier alpha value is -1.28. The molecule has 1 amide bonds. The van der Waals surface area contributed by atoms with Gasteiger partial charge in [-0.25, -0.2) is 4.57 Å². The molecule has 57 heavy (non-hydrogen) atoms. The van der Waals surface area contributed by atoms with E-state index < -0.39 is 20.0 Å². The number of likely N-dealkylation sites (N-methyl/N-ethyl adjacent to an activating group) is 1. The fourth-order valence-electron chi connectivity index (χ4n) is 6.78. The van der Waals surface area contributed by atoms with Crippen molar-refractivity contribution in [3.63, 3.8) is 0 Å². The number of carbonyl (C=O) groups excluding carboxylic acids is 1. The van der Waals surface area contributed by atoms with Gasteiger partial charge in [0.2, 0.25) is 5.91 Å². The van der Waals surface area contributed by atoms with Crippen LogP contribution in [0, 0.1) is 0 Å². The lowest BCUT2D eigenvalue weighted by Gasteiger charge is -2.25. The molecule has 0 aliphatic heterocycles. The van der Waals surface area contributed by atoms with Crippen molar-refractivity contribution < 1.29 is 32.9 Å². The van der Waals surface area contributed by atoms with E-state index in [1.54, 1.807) is 6.08 Å². The smallest absolute Gasteiger partial charge is 0.387 e. The van der Waals surface area contributed by atoms with E-state index in [4.69, 9.17) is 9.05 Å². The molecule has 0 saturated heterocycles. The summed E-state index contributed by atoms with van der Waals surface area (Å²) in [4.78, 5) is 23.1. The zero-order valence-electron chi connectivity index (χ0n) is 38.1. The third-order valence-electron chi connectivity index (χ3n) is 10.6. The van der Waals surface area contributed by atoms with Crippen molar-refractivity contribution in [2.45, 2.75) is 225 Å². The Morgan fingerprint density at radius 2 is 0.965 bits per heavy atom. The van der Waals surface area contributed by atoms with Gasteiger partial charge in [0.05, 0.1) is 39.9 Å². The van der Waals surface area contributed by atoms with Crippen LogP contribution < -0.4 is 5.32 Å². The molecule has 336 valence electrons. The van der Waals surface area contributed by atoms with E-state index in [-0.39, 0.29) is 19.1 Å². The Labute approximate surface area is 353 Å². The van der Waals surface area contributed by atoms with Crippen molar-refractivity contribution in [2.24, 2.45) is 0 Å². The fourth-order valence-corrected chi connectivity index (χ4v) is 7.51. The van der Waals surface area contributed by atoms with Crippen LogP contribution in [0.1, 0.15) is 213 Å². The van der Waals surface area contributed by atoms with Crippen LogP contribution in [-0.4, -0.2) is 73.4 Å². The van der Waals surface area contributed by atoms with Crippen LogP contribution in [0.15, 0.2) is 36.5 Å². The molecular formula is C48H94N2O6P+. The molecule has 0 fully saturated rings. The minimum absolute atomic E-state index is 0.0547. The number of rotatable bonds is 43. The maximum Gasteiger partial charge on any atom is 0.472 e. The monoisotopic (exact) mass is 826 g/mol. The van der Waals surface area contributed by atoms with Crippen molar-refractivity contribution in [1.82, 2.24) is 5.32 Å². The van der Waals surface area contributed by atoms with E-state index in [0.717, 1.165) is 44.9 Å². The van der Waals surface area contributed by atoms with Gasteiger partial charge < -0.3 is 19.8 Å². The highest BCUT2D eigenvalue weighted by molar-refractivity contribution is 7.47. The van der Waals surface area contributed by atoms with E-state index in [9.17, 15) is 19.4 Å². The first-order chi connectivity index (χ1) is 27.5. The molecule has 8 nitrogen and oxygen atoms in total. The number of phosphoric acid groups is 1. The Morgan fingerprint density at radius 3 is 1.40 bits per heavy atom. The largest absolute Gasteiger partial charge is 0.472 e. The second-order valence-corrected chi connectivity index (χ2v) is 18.9. The number of hydrogen-bond acceptors (Lipinski definition) is 5. The van der Waals surface area contributed by atoms with Gasteiger partial charge >= 0.3 is 7.82 Å². The Morgan fingerprint density at radius 1 is 0.579 bits per heavy atom. The number of nitrogens with zero attached hydrogens (tertiary/aromatic N) is 1. The molecule has 3 N–H and O–H groups in total. The second-order valence-electron chi connectivity index (χ2n) is 17.5. The summed E-state index contributed by atoms with van der Waals surface area (Å²) in [6.07, 6.45) is 49.3. The standard InChI is InChI=1S/C48H93N2O6P/c1-6-8-10-12-14-16-18-20-22-24-25-26-28-30-32-34-36-38-40-42-48(52)49-46(45-56-57(53,54)55-44-43-50(3,4)5)47(51)41-39-37-35-33-31-29-27-23-21-19-17-15-13-11-9-7-2/h21,23,31,33,39,41,46-47,51H,6-20,22,24-30,32,34-38,40,42-45H2,1-5H3,(H-,49,52,53,54)/p+1/b23-21+,33-31+,41-39+. The van der Waals surface area contributed by atoms with Crippen LogP contribution in [-0.2, 0) is 18.4 Å². The van der Waals surface area contributed by atoms with Crippen molar-refractivity contribution in [3.05, 3.63) is 36.5 Å². The van der Waals surface area contributed by atoms with Crippen LogP contribution in [0.25, 0.3) is 0 Å². The zero-order chi connectivity index (χ0) is 42.1. The number of carbonyl (C=O) groups is 1. The third-order valence-corrected chi connectivity index (χ3v) is 11.6. The molecule has 0 bridgehead atoms. The van der Waals surface area contributed by atoms with E-state index in [0.29, 0.717) is 17.4 Å². The number of allylic oxidation sites excluding steroid dienone is 5. The fraction of sp³-hybridized carbons (Fsp3) is 0.854. The summed E-state index contributed by atoms with van der Waals surface area (Å²) in [6, 6.07) is -0.866. The molecule has 0 aliphatic carbocycles. The van der Waals surface area contributed by atoms with Crippen molar-refractivity contribution >= 4 is 13.7 Å². The van der Waals surface area contributed by atoms with Gasteiger partial charge in [-0.2, -0.15) is 0 Å². The van der Waals surface area contributed by atoms with Crippen molar-refractivity contribution in [3.8, 4) is 0 Å². The minimum atomic E-state index is -4.35. The summed E-state index contributed by atoms with van der Waals surface area (Å²) in [7, 11) is 1.55. The summed E-state index contributed by atoms with van der Waals surface area (Å²) in [5, 5.41) is 13.8. The topological polar surface area (TPSA) is 105 Å². The molecular weight excluding hydrogens is 732 g/mol. The number of aliphatic hydroxyl groups is 1. The van der Waals surface area contributed by atoms with Crippen LogP contribution >= 0.6 is 7.82 Å². The number of nitrogens with one attached hydrogen (secondary N) is 1. The molecule has 0 aromatic rings. The van der Waals surface area contributed by atoms with E-state index in [2.05, 4.69) is 43.5 Å². The van der Waals surface area contributed by atoms with Gasteiger partial charge in [-0.05, 0) is 44.9 Å². The highest BCUT2D eigenvalue weighted by Crippen LogP contribution is 2.43. The number of unbranched alkanes of at least 4 members (excludes halogenated alkanes) is 26. The lowest BCUT2D eigenvalue weighted by Crippen LogP contribution is -2.45. The van der Waals surface area contributed by atoms with Crippen molar-refractivity contribution in [1.29, 1.82) is 0 Å². The lowest BCUT2D eigenvalue weighted by molar-refractivity contribution is -0.870. The normalized spacial score (nSPS) is 14.6. The number of aliphatic hydroxyl groups excluding tert-OH is 1. The van der Waals surface area contributed by atoms with Gasteiger partial charge in [0.25, 0.3) is 0 Å². The SMILES string of the molecule is CCCCCCCC/C=C/CC/C=C/CC/C=C/C(O)C(COP(=O)(O)OCC[N+](C)(C)C)NC(=O)CCCCCCCCCCCCCCCCCCCCC. The van der Waals surface area contributed by atoms with E-state index in [1.807, 2.05) is 27.2 Å². The first kappa shape index (κ1) is 55.7. The van der Waals surface area contributed by atoms with Gasteiger partial charge in [-0.3, -0.25) is 13.8 Å². The second kappa shape index (κ2) is 40.1. The number of hydrogen-bond donors (Lipinski definition) is 3. The lowest BCUT2D eigenvalue weighted by atomic mass is 10.0. The molecule has 0 aromatic carbocycles. The number of phosphoric ester groups is 1. The molecule has 3 unspecified atom stereocenters. The summed E-state index contributed by atoms with van der Waals surface area (Å²) in [6.45, 7) is 4.79. The summed E-state index contributed by atoms with van der Waals surface area (Å²) in [5.74, 6) is -0.189. The minimum Gasteiger partial charge on any atom is -0.387 e. The average molecular weight is 826 g/mol. The predicted molar refractivity (Wildman–Crippen MR) is 244 cm³/mol. The molecule has 0 saturated carbocycles. The molecule has 0 aromatic heterocycles. The number of amides is 1. The van der Waals surface area contributed by atoms with Crippen LogP contribution in [0.4, 0.5) is 0 Å². The highest BCUT2D eigenvalue weighted by Gasteiger charge is 2.27. The van der Waals surface area contributed by atoms with Gasteiger partial charge in [0, 0.05) is 6.42 Å². The van der Waals surface area contributed by atoms with Gasteiger partial charge in [-0.1, -0.05) is 198 Å². The molecule has 3 atom stereocenters. The maximum atomic E-state index is 12.9.